The second kappa shape index (κ2) is 6.48. The van der Waals surface area contributed by atoms with E-state index < -0.39 is 0 Å². The van der Waals surface area contributed by atoms with E-state index in [9.17, 15) is 4.79 Å². The van der Waals surface area contributed by atoms with Crippen LogP contribution in [0.1, 0.15) is 50.7 Å². The van der Waals surface area contributed by atoms with Crippen LogP contribution >= 0.6 is 0 Å². The quantitative estimate of drug-likeness (QED) is 0.874. The molecule has 0 saturated carbocycles. The summed E-state index contributed by atoms with van der Waals surface area (Å²) in [5, 5.41) is 4.32. The fourth-order valence-electron chi connectivity index (χ4n) is 3.31. The molecule has 1 fully saturated rings. The number of carbonyl (C=O) groups is 1. The van der Waals surface area contributed by atoms with Gasteiger partial charge in [0.05, 0.1) is 23.1 Å². The van der Waals surface area contributed by atoms with E-state index in [-0.39, 0.29) is 11.9 Å². The van der Waals surface area contributed by atoms with Gasteiger partial charge in [0, 0.05) is 26.2 Å². The van der Waals surface area contributed by atoms with E-state index in [0.29, 0.717) is 0 Å². The Kier molecular flexibility index (Phi) is 4.41. The topological polar surface area (TPSA) is 63.9 Å². The molecule has 23 heavy (non-hydrogen) atoms. The number of nitrogens with zero attached hydrogens (tertiary/aromatic N) is 5. The van der Waals surface area contributed by atoms with Crippen molar-refractivity contribution in [2.45, 2.75) is 52.6 Å². The zero-order chi connectivity index (χ0) is 16.4. The monoisotopic (exact) mass is 313 g/mol. The first-order valence-electron chi connectivity index (χ1n) is 8.25. The van der Waals surface area contributed by atoms with Gasteiger partial charge in [-0.2, -0.15) is 5.10 Å². The van der Waals surface area contributed by atoms with Gasteiger partial charge < -0.3 is 4.90 Å². The van der Waals surface area contributed by atoms with Gasteiger partial charge in [-0.25, -0.2) is 9.97 Å². The third-order valence-electron chi connectivity index (χ3n) is 4.38. The maximum absolute atomic E-state index is 11.9. The van der Waals surface area contributed by atoms with Gasteiger partial charge in [-0.15, -0.1) is 0 Å². The summed E-state index contributed by atoms with van der Waals surface area (Å²) in [7, 11) is 0. The van der Waals surface area contributed by atoms with Crippen molar-refractivity contribution in [3.05, 3.63) is 29.8 Å². The Labute approximate surface area is 136 Å². The molecule has 0 aromatic carbocycles. The summed E-state index contributed by atoms with van der Waals surface area (Å²) >= 11 is 0. The van der Waals surface area contributed by atoms with Gasteiger partial charge in [0.25, 0.3) is 0 Å². The molecule has 0 N–H and O–H groups in total. The molecule has 1 aliphatic heterocycles. The molecule has 6 heteroatoms. The lowest BCUT2D eigenvalue weighted by atomic mass is 9.98. The van der Waals surface area contributed by atoms with Crippen LogP contribution in [0.3, 0.4) is 0 Å². The molecule has 1 atom stereocenters. The molecule has 0 spiro atoms. The molecular weight excluding hydrogens is 290 g/mol. The smallest absolute Gasteiger partial charge is 0.220 e. The average Bonchev–Trinajstić information content (AvgIpc) is 3.03. The highest BCUT2D eigenvalue weighted by molar-refractivity contribution is 5.74. The van der Waals surface area contributed by atoms with E-state index in [2.05, 4.69) is 22.0 Å². The summed E-state index contributed by atoms with van der Waals surface area (Å²) < 4.78 is 1.93. The molecule has 1 amide bonds. The third kappa shape index (κ3) is 3.11. The van der Waals surface area contributed by atoms with Crippen LogP contribution in [0.2, 0.25) is 0 Å². The summed E-state index contributed by atoms with van der Waals surface area (Å²) in [5.41, 5.74) is 2.80. The van der Waals surface area contributed by atoms with E-state index in [0.717, 1.165) is 55.3 Å². The minimum atomic E-state index is 0.0553. The summed E-state index contributed by atoms with van der Waals surface area (Å²) in [5.74, 6) is 0.849. The lowest BCUT2D eigenvalue weighted by Crippen LogP contribution is -2.37. The summed E-state index contributed by atoms with van der Waals surface area (Å²) in [6.07, 6.45) is 4.94. The molecule has 0 bridgehead atoms. The Morgan fingerprint density at radius 3 is 2.91 bits per heavy atom. The van der Waals surface area contributed by atoms with Crippen LogP contribution in [0.15, 0.2) is 18.3 Å². The lowest BCUT2D eigenvalue weighted by molar-refractivity contribution is -0.132. The zero-order valence-electron chi connectivity index (χ0n) is 14.0. The second-order valence-electron chi connectivity index (χ2n) is 5.98. The van der Waals surface area contributed by atoms with Crippen LogP contribution in [0, 0.1) is 6.92 Å². The van der Waals surface area contributed by atoms with E-state index in [1.165, 1.54) is 0 Å². The van der Waals surface area contributed by atoms with Crippen molar-refractivity contribution in [3.63, 3.8) is 0 Å². The molecule has 122 valence electrons. The Bertz CT molecular complexity index is 709. The molecule has 0 radical (unpaired) electrons. The summed E-state index contributed by atoms with van der Waals surface area (Å²) in [6, 6.07) is 4.04. The van der Waals surface area contributed by atoms with Gasteiger partial charge in [-0.1, -0.05) is 0 Å². The molecule has 0 aliphatic carbocycles. The first kappa shape index (κ1) is 15.6. The Balaban J connectivity index is 2.02. The number of aryl methyl sites for hydroxylation is 2. The molecule has 6 nitrogen and oxygen atoms in total. The number of hydrogen-bond acceptors (Lipinski definition) is 4. The molecule has 1 aliphatic rings. The Morgan fingerprint density at radius 1 is 1.35 bits per heavy atom. The molecule has 2 aromatic rings. The van der Waals surface area contributed by atoms with Crippen LogP contribution < -0.4 is 0 Å². The van der Waals surface area contributed by atoms with Gasteiger partial charge in [-0.3, -0.25) is 9.48 Å². The highest BCUT2D eigenvalue weighted by Crippen LogP contribution is 2.31. The van der Waals surface area contributed by atoms with Crippen LogP contribution in [-0.2, 0) is 11.3 Å². The maximum atomic E-state index is 11.9. The van der Waals surface area contributed by atoms with Crippen LogP contribution in [-0.4, -0.2) is 37.1 Å². The SMILES string of the molecule is CCn1nccc1-c1cc(C2CCCCN2C(C)=O)nc(C)n1. The van der Waals surface area contributed by atoms with Crippen LogP contribution in [0.25, 0.3) is 11.4 Å². The highest BCUT2D eigenvalue weighted by atomic mass is 16.2. The molecule has 3 heterocycles. The molecule has 1 unspecified atom stereocenters. The largest absolute Gasteiger partial charge is 0.334 e. The van der Waals surface area contributed by atoms with Gasteiger partial charge in [0.15, 0.2) is 0 Å². The third-order valence-corrected chi connectivity index (χ3v) is 4.38. The number of carbonyl (C=O) groups excluding carboxylic acids is 1. The number of amides is 1. The minimum Gasteiger partial charge on any atom is -0.334 e. The lowest BCUT2D eigenvalue weighted by Gasteiger charge is -2.34. The zero-order valence-corrected chi connectivity index (χ0v) is 14.0. The molecular formula is C17H23N5O. The first-order chi connectivity index (χ1) is 11.1. The van der Waals surface area contributed by atoms with Crippen molar-refractivity contribution in [1.82, 2.24) is 24.6 Å². The van der Waals surface area contributed by atoms with E-state index in [4.69, 9.17) is 0 Å². The van der Waals surface area contributed by atoms with Gasteiger partial charge in [0.2, 0.25) is 5.91 Å². The van der Waals surface area contributed by atoms with E-state index >= 15 is 0 Å². The van der Waals surface area contributed by atoms with E-state index in [1.807, 2.05) is 28.6 Å². The molecule has 1 saturated heterocycles. The number of hydrogen-bond donors (Lipinski definition) is 0. The second-order valence-corrected chi connectivity index (χ2v) is 5.98. The van der Waals surface area contributed by atoms with Crippen molar-refractivity contribution in [1.29, 1.82) is 0 Å². The number of rotatable bonds is 3. The fourth-order valence-corrected chi connectivity index (χ4v) is 3.31. The van der Waals surface area contributed by atoms with Crippen molar-refractivity contribution in [2.75, 3.05) is 6.54 Å². The molecule has 2 aromatic heterocycles. The maximum Gasteiger partial charge on any atom is 0.220 e. The number of aromatic nitrogens is 4. The number of likely N-dealkylation sites (tertiary alicyclic amines) is 1. The highest BCUT2D eigenvalue weighted by Gasteiger charge is 2.27. The van der Waals surface area contributed by atoms with Crippen molar-refractivity contribution < 1.29 is 4.79 Å². The minimum absolute atomic E-state index is 0.0553. The van der Waals surface area contributed by atoms with Crippen molar-refractivity contribution >= 4 is 5.91 Å². The van der Waals surface area contributed by atoms with E-state index in [1.54, 1.807) is 13.1 Å². The Morgan fingerprint density at radius 2 is 2.17 bits per heavy atom. The molecule has 3 rings (SSSR count). The van der Waals surface area contributed by atoms with Crippen LogP contribution in [0.4, 0.5) is 0 Å². The standard InChI is InChI=1S/C17H23N5O/c1-4-22-17(8-9-18-22)15-11-14(19-12(2)20-15)16-7-5-6-10-21(16)13(3)23/h8-9,11,16H,4-7,10H2,1-3H3. The van der Waals surface area contributed by atoms with Crippen molar-refractivity contribution in [2.24, 2.45) is 0 Å². The average molecular weight is 313 g/mol. The predicted molar refractivity (Wildman–Crippen MR) is 87.6 cm³/mol. The van der Waals surface area contributed by atoms with Gasteiger partial charge >= 0.3 is 0 Å². The van der Waals surface area contributed by atoms with Crippen LogP contribution in [0.5, 0.6) is 0 Å². The normalized spacial score (nSPS) is 18.2. The number of piperidine rings is 1. The summed E-state index contributed by atoms with van der Waals surface area (Å²) in [6.45, 7) is 7.21. The first-order valence-corrected chi connectivity index (χ1v) is 8.25. The van der Waals surface area contributed by atoms with Crippen molar-refractivity contribution in [3.8, 4) is 11.4 Å². The van der Waals surface area contributed by atoms with Gasteiger partial charge in [0.1, 0.15) is 5.82 Å². The predicted octanol–water partition coefficient (Wildman–Crippen LogP) is 2.74. The Hall–Kier alpha value is -2.24. The summed E-state index contributed by atoms with van der Waals surface area (Å²) in [4.78, 5) is 23.1. The van der Waals surface area contributed by atoms with Gasteiger partial charge in [-0.05, 0) is 45.2 Å². The fraction of sp³-hybridized carbons (Fsp3) is 0.529.